The summed E-state index contributed by atoms with van der Waals surface area (Å²) in [6.45, 7) is 2.71. The van der Waals surface area contributed by atoms with E-state index >= 15 is 0 Å². The molecule has 0 aliphatic carbocycles. The molecular formula is C35H29N5O5. The lowest BCUT2D eigenvalue weighted by Crippen LogP contribution is -2.50. The smallest absolute Gasteiger partial charge is 0.410 e. The molecule has 6 aromatic rings. The quantitative estimate of drug-likeness (QED) is 0.284. The van der Waals surface area contributed by atoms with E-state index in [1.807, 2.05) is 75.9 Å². The lowest BCUT2D eigenvalue weighted by atomic mass is 9.96. The number of nitrogens with zero attached hydrogens (tertiary/aromatic N) is 4. The zero-order valence-electron chi connectivity index (χ0n) is 24.3. The molecule has 3 aliphatic rings. The van der Waals surface area contributed by atoms with Crippen LogP contribution < -0.4 is 10.2 Å². The largest absolute Gasteiger partial charge is 0.441 e. The molecule has 2 N–H and O–H groups in total. The summed E-state index contributed by atoms with van der Waals surface area (Å²) in [4.78, 5) is 44.3. The number of hydrogen-bond acceptors (Lipinski definition) is 6. The van der Waals surface area contributed by atoms with Gasteiger partial charge >= 0.3 is 6.09 Å². The fourth-order valence-electron chi connectivity index (χ4n) is 7.63. The van der Waals surface area contributed by atoms with Crippen molar-refractivity contribution in [2.75, 3.05) is 31.1 Å². The molecule has 2 atom stereocenters. The zero-order valence-corrected chi connectivity index (χ0v) is 24.3. The molecule has 45 heavy (non-hydrogen) atoms. The number of fused-ring (bicyclic) bond motifs is 9. The van der Waals surface area contributed by atoms with Crippen LogP contribution in [-0.4, -0.2) is 75.4 Å². The van der Waals surface area contributed by atoms with Crippen LogP contribution >= 0.6 is 0 Å². The Hall–Kier alpha value is -5.35. The van der Waals surface area contributed by atoms with Crippen molar-refractivity contribution in [2.24, 2.45) is 0 Å². The number of imide groups is 1. The van der Waals surface area contributed by atoms with Gasteiger partial charge in [0.05, 0.1) is 35.2 Å². The van der Waals surface area contributed by atoms with E-state index in [1.165, 1.54) is 0 Å². The Morgan fingerprint density at radius 1 is 0.711 bits per heavy atom. The standard InChI is InChI=1S/C35H29N5O5/c41-25-18-39-23-12-6-4-10-21(23)27-29-30(34(43)36-33(29)42)28-22-11-5-7-13-24(22)40(32(28)31(27)39)19-26(25)45-35(44)38-16-14-37(15-17-38)20-8-2-1-3-9-20/h1-13,25-26,41H,14-19H2,(H,36,42,43). The fourth-order valence-corrected chi connectivity index (χ4v) is 7.63. The minimum Gasteiger partial charge on any atom is -0.441 e. The van der Waals surface area contributed by atoms with Crippen molar-refractivity contribution in [2.45, 2.75) is 25.3 Å². The van der Waals surface area contributed by atoms with Crippen LogP contribution in [0.25, 0.3) is 43.6 Å². The summed E-state index contributed by atoms with van der Waals surface area (Å²) in [6.07, 6.45) is -2.36. The molecule has 0 spiro atoms. The minimum absolute atomic E-state index is 0.148. The van der Waals surface area contributed by atoms with E-state index in [9.17, 15) is 19.5 Å². The number of amides is 3. The number of nitrogens with one attached hydrogen (secondary N) is 1. The highest BCUT2D eigenvalue weighted by Crippen LogP contribution is 2.45. The number of para-hydroxylation sites is 3. The molecule has 5 heterocycles. The minimum atomic E-state index is -1.04. The van der Waals surface area contributed by atoms with Crippen LogP contribution in [0.5, 0.6) is 0 Å². The number of hydrogen-bond donors (Lipinski definition) is 2. The maximum atomic E-state index is 13.6. The first kappa shape index (κ1) is 26.1. The maximum absolute atomic E-state index is 13.6. The Kier molecular flexibility index (Phi) is 5.55. The number of aliphatic hydroxyl groups is 1. The second-order valence-corrected chi connectivity index (χ2v) is 12.0. The molecule has 9 rings (SSSR count). The van der Waals surface area contributed by atoms with Crippen molar-refractivity contribution >= 4 is 67.2 Å². The van der Waals surface area contributed by atoms with E-state index in [0.29, 0.717) is 48.1 Å². The molecule has 2 aromatic heterocycles. The van der Waals surface area contributed by atoms with Gasteiger partial charge in [-0.2, -0.15) is 0 Å². The van der Waals surface area contributed by atoms with E-state index < -0.39 is 30.1 Å². The number of aromatic nitrogens is 2. The Labute approximate surface area is 257 Å². The van der Waals surface area contributed by atoms with Gasteiger partial charge < -0.3 is 28.8 Å². The Balaban J connectivity index is 1.17. The van der Waals surface area contributed by atoms with Gasteiger partial charge in [0.25, 0.3) is 11.8 Å². The number of carbonyl (C=O) groups excluding carboxylic acids is 3. The van der Waals surface area contributed by atoms with Crippen LogP contribution in [0.4, 0.5) is 10.5 Å². The number of ether oxygens (including phenoxy) is 1. The van der Waals surface area contributed by atoms with E-state index in [4.69, 9.17) is 4.74 Å². The zero-order chi connectivity index (χ0) is 30.4. The predicted molar refractivity (Wildman–Crippen MR) is 171 cm³/mol. The topological polar surface area (TPSA) is 109 Å². The third-order valence-corrected chi connectivity index (χ3v) is 9.67. The molecular weight excluding hydrogens is 570 g/mol. The molecule has 10 nitrogen and oxygen atoms in total. The number of carbonyl (C=O) groups is 3. The second-order valence-electron chi connectivity index (χ2n) is 12.0. The normalized spacial score (nSPS) is 19.8. The molecule has 10 heteroatoms. The predicted octanol–water partition coefficient (Wildman–Crippen LogP) is 4.49. The van der Waals surface area contributed by atoms with Crippen LogP contribution in [0.3, 0.4) is 0 Å². The Morgan fingerprint density at radius 3 is 1.84 bits per heavy atom. The fraction of sp³-hybridized carbons (Fsp3) is 0.229. The van der Waals surface area contributed by atoms with Crippen LogP contribution in [0.2, 0.25) is 0 Å². The average molecular weight is 600 g/mol. The summed E-state index contributed by atoms with van der Waals surface area (Å²) < 4.78 is 10.2. The summed E-state index contributed by atoms with van der Waals surface area (Å²) in [5.41, 5.74) is 5.09. The average Bonchev–Trinajstić information content (AvgIpc) is 3.67. The summed E-state index contributed by atoms with van der Waals surface area (Å²) in [6, 6.07) is 25.6. The highest BCUT2D eigenvalue weighted by atomic mass is 16.6. The van der Waals surface area contributed by atoms with Gasteiger partial charge in [0.2, 0.25) is 0 Å². The van der Waals surface area contributed by atoms with E-state index in [1.54, 1.807) is 4.90 Å². The Bertz CT molecular complexity index is 2230. The number of rotatable bonds is 2. The van der Waals surface area contributed by atoms with Crippen molar-refractivity contribution in [3.63, 3.8) is 0 Å². The van der Waals surface area contributed by atoms with Gasteiger partial charge in [0.1, 0.15) is 12.2 Å². The highest BCUT2D eigenvalue weighted by Gasteiger charge is 2.39. The van der Waals surface area contributed by atoms with E-state index in [-0.39, 0.29) is 13.1 Å². The first-order valence-electron chi connectivity index (χ1n) is 15.3. The summed E-state index contributed by atoms with van der Waals surface area (Å²) in [7, 11) is 0. The van der Waals surface area contributed by atoms with Crippen molar-refractivity contribution in [3.8, 4) is 0 Å². The van der Waals surface area contributed by atoms with Crippen molar-refractivity contribution < 1.29 is 24.2 Å². The van der Waals surface area contributed by atoms with Gasteiger partial charge in [-0.05, 0) is 24.3 Å². The SMILES string of the molecule is O=C1NC(=O)c2c1c1c3ccccc3n3c1c1c2c2ccccc2n1CC(OC(=O)N1CCN(c2ccccc2)CC1)C(O)C3. The van der Waals surface area contributed by atoms with Gasteiger partial charge in [-0.3, -0.25) is 14.9 Å². The lowest BCUT2D eigenvalue weighted by Gasteiger charge is -2.37. The van der Waals surface area contributed by atoms with Crippen molar-refractivity contribution in [1.82, 2.24) is 19.4 Å². The highest BCUT2D eigenvalue weighted by molar-refractivity contribution is 6.39. The van der Waals surface area contributed by atoms with Gasteiger partial charge in [-0.25, -0.2) is 4.79 Å². The monoisotopic (exact) mass is 599 g/mol. The van der Waals surface area contributed by atoms with Crippen LogP contribution in [0.1, 0.15) is 20.7 Å². The van der Waals surface area contributed by atoms with Crippen LogP contribution in [0.15, 0.2) is 78.9 Å². The number of aliphatic hydroxyl groups excluding tert-OH is 1. The number of benzene rings is 4. The van der Waals surface area contributed by atoms with Crippen molar-refractivity contribution in [3.05, 3.63) is 90.0 Å². The maximum Gasteiger partial charge on any atom is 0.410 e. The molecule has 0 radical (unpaired) electrons. The molecule has 1 saturated heterocycles. The van der Waals surface area contributed by atoms with Gasteiger partial charge in [0, 0.05) is 64.4 Å². The molecule has 2 unspecified atom stereocenters. The molecule has 0 bridgehead atoms. The molecule has 3 amide bonds. The Morgan fingerprint density at radius 2 is 1.24 bits per heavy atom. The molecule has 0 saturated carbocycles. The summed E-state index contributed by atoms with van der Waals surface area (Å²) in [5, 5.41) is 17.3. The van der Waals surface area contributed by atoms with Gasteiger partial charge in [-0.15, -0.1) is 0 Å². The third kappa shape index (κ3) is 3.69. The van der Waals surface area contributed by atoms with E-state index in [0.717, 1.165) is 38.5 Å². The third-order valence-electron chi connectivity index (χ3n) is 9.67. The molecule has 1 fully saturated rings. The number of piperazine rings is 1. The van der Waals surface area contributed by atoms with Gasteiger partial charge in [-0.1, -0.05) is 54.6 Å². The van der Waals surface area contributed by atoms with Crippen LogP contribution in [0, 0.1) is 0 Å². The summed E-state index contributed by atoms with van der Waals surface area (Å²) in [5.74, 6) is -0.838. The van der Waals surface area contributed by atoms with Crippen molar-refractivity contribution in [1.29, 1.82) is 0 Å². The second kappa shape index (κ2) is 9.57. The number of anilines is 1. The van der Waals surface area contributed by atoms with Crippen LogP contribution in [-0.2, 0) is 17.8 Å². The first-order valence-corrected chi connectivity index (χ1v) is 15.3. The molecule has 3 aliphatic heterocycles. The van der Waals surface area contributed by atoms with E-state index in [2.05, 4.69) is 22.3 Å². The summed E-state index contributed by atoms with van der Waals surface area (Å²) >= 11 is 0. The molecule has 4 aromatic carbocycles. The van der Waals surface area contributed by atoms with Gasteiger partial charge in [0.15, 0.2) is 0 Å². The molecule has 224 valence electrons. The first-order chi connectivity index (χ1) is 22.0. The lowest BCUT2D eigenvalue weighted by molar-refractivity contribution is -0.0254.